The Morgan fingerprint density at radius 2 is 1.88 bits per heavy atom. The van der Waals surface area contributed by atoms with Crippen molar-refractivity contribution in [1.29, 1.82) is 5.26 Å². The molecule has 2 amide bonds. The van der Waals surface area contributed by atoms with E-state index in [2.05, 4.69) is 32.7 Å². The molecule has 6 rings (SSSR count). The average Bonchev–Trinajstić information content (AvgIpc) is 3.27. The minimum absolute atomic E-state index is 0.0472. The maximum absolute atomic E-state index is 14.1. The molecule has 5 fully saturated rings. The first-order valence-corrected chi connectivity index (χ1v) is 15.7. The molecule has 5 unspecified atom stereocenters. The number of benzene rings is 1. The first-order chi connectivity index (χ1) is 20.0. The van der Waals surface area contributed by atoms with Crippen molar-refractivity contribution in [3.05, 3.63) is 47.9 Å². The van der Waals surface area contributed by atoms with Crippen LogP contribution in [0.4, 0.5) is 9.18 Å². The molecule has 2 aliphatic carbocycles. The molecule has 7 atom stereocenters. The van der Waals surface area contributed by atoms with Gasteiger partial charge in [-0.25, -0.2) is 9.18 Å². The summed E-state index contributed by atoms with van der Waals surface area (Å²) in [5.41, 5.74) is 1.08. The number of nitriles is 1. The van der Waals surface area contributed by atoms with Crippen molar-refractivity contribution in [3.63, 3.8) is 0 Å². The van der Waals surface area contributed by atoms with E-state index < -0.39 is 17.7 Å². The minimum Gasteiger partial charge on any atom is -0.444 e. The quantitative estimate of drug-likeness (QED) is 0.461. The van der Waals surface area contributed by atoms with Crippen molar-refractivity contribution in [1.82, 2.24) is 20.0 Å². The number of likely N-dealkylation sites (tertiary alicyclic amines) is 3. The van der Waals surface area contributed by atoms with Gasteiger partial charge in [-0.15, -0.1) is 0 Å². The number of ether oxygens (including phenoxy) is 1. The summed E-state index contributed by atoms with van der Waals surface area (Å²) in [6.45, 7) is 11.0. The Balaban J connectivity index is 1.21. The van der Waals surface area contributed by atoms with Gasteiger partial charge in [-0.1, -0.05) is 38.0 Å². The molecule has 3 heterocycles. The maximum Gasteiger partial charge on any atom is 0.408 e. The molecule has 1 N–H and O–H groups in total. The van der Waals surface area contributed by atoms with E-state index in [1.807, 2.05) is 32.9 Å². The van der Waals surface area contributed by atoms with E-state index >= 15 is 0 Å². The Morgan fingerprint density at radius 3 is 2.52 bits per heavy atom. The normalized spacial score (nSPS) is 30.5. The number of piperazine rings is 1. The number of carbonyl (C=O) groups excluding carboxylic acids is 2. The topological polar surface area (TPSA) is 88.9 Å². The van der Waals surface area contributed by atoms with E-state index in [1.165, 1.54) is 18.6 Å². The van der Waals surface area contributed by atoms with Gasteiger partial charge in [-0.2, -0.15) is 5.26 Å². The highest BCUT2D eigenvalue weighted by molar-refractivity contribution is 5.86. The number of hydrogen-bond acceptors (Lipinski definition) is 6. The van der Waals surface area contributed by atoms with Gasteiger partial charge >= 0.3 is 6.09 Å². The standard InChI is InChI=1S/C33H44FN5O3/c1-20(38-25(17-35)14-23-15-28(23)38)27(36-32(41)42-33(2,3)4)19-37-18-26-16-29(37)31(40)39(26)30(21-8-6-5-7-9-21)22-10-12-24(34)13-11-22/h10-13,21,23,25-30H,1,5-9,14-16,18-19H2,2-4H3,(H,36,41)/t23?,25?,26-,27?,28?,29?,30-/m0/s1. The molecule has 2 saturated carbocycles. The summed E-state index contributed by atoms with van der Waals surface area (Å²) in [7, 11) is 0. The molecule has 5 aliphatic rings. The molecule has 3 aliphatic heterocycles. The summed E-state index contributed by atoms with van der Waals surface area (Å²) >= 11 is 0. The molecular formula is C33H44FN5O3. The second-order valence-electron chi connectivity index (χ2n) is 14.0. The van der Waals surface area contributed by atoms with Crippen molar-refractivity contribution >= 4 is 12.0 Å². The smallest absolute Gasteiger partial charge is 0.408 e. The van der Waals surface area contributed by atoms with Gasteiger partial charge in [-0.3, -0.25) is 9.69 Å². The summed E-state index contributed by atoms with van der Waals surface area (Å²) in [6, 6.07) is 8.43. The predicted molar refractivity (Wildman–Crippen MR) is 156 cm³/mol. The number of alkyl carbamates (subject to hydrolysis) is 1. The Labute approximate surface area is 248 Å². The zero-order valence-corrected chi connectivity index (χ0v) is 25.1. The van der Waals surface area contributed by atoms with Crippen LogP contribution < -0.4 is 5.32 Å². The number of rotatable bonds is 8. The Kier molecular flexibility index (Phi) is 7.71. The van der Waals surface area contributed by atoms with Crippen molar-refractivity contribution in [2.45, 2.75) is 114 Å². The summed E-state index contributed by atoms with van der Waals surface area (Å²) in [6.07, 6.45) is 7.78. The third-order valence-electron chi connectivity index (χ3n) is 10.0. The highest BCUT2D eigenvalue weighted by Crippen LogP contribution is 2.50. The van der Waals surface area contributed by atoms with Crippen LogP contribution in [0.2, 0.25) is 0 Å². The molecule has 2 bridgehead atoms. The molecule has 0 spiro atoms. The van der Waals surface area contributed by atoms with Gasteiger partial charge in [0.15, 0.2) is 0 Å². The van der Waals surface area contributed by atoms with Crippen LogP contribution in [-0.2, 0) is 9.53 Å². The fourth-order valence-corrected chi connectivity index (χ4v) is 8.11. The zero-order chi connectivity index (χ0) is 29.8. The lowest BCUT2D eigenvalue weighted by Gasteiger charge is -2.44. The summed E-state index contributed by atoms with van der Waals surface area (Å²) in [4.78, 5) is 33.4. The first kappa shape index (κ1) is 29.0. The Morgan fingerprint density at radius 1 is 1.17 bits per heavy atom. The molecule has 1 aromatic carbocycles. The van der Waals surface area contributed by atoms with E-state index in [-0.39, 0.29) is 35.9 Å². The van der Waals surface area contributed by atoms with Gasteiger partial charge in [0.2, 0.25) is 5.91 Å². The Hall–Kier alpha value is -3.12. The molecule has 3 saturated heterocycles. The summed E-state index contributed by atoms with van der Waals surface area (Å²) in [5.74, 6) is 0.729. The third kappa shape index (κ3) is 5.62. The number of amides is 2. The van der Waals surface area contributed by atoms with Crippen LogP contribution in [0.5, 0.6) is 0 Å². The molecule has 0 aromatic heterocycles. The molecule has 42 heavy (non-hydrogen) atoms. The van der Waals surface area contributed by atoms with E-state index in [4.69, 9.17) is 4.74 Å². The van der Waals surface area contributed by atoms with Gasteiger partial charge < -0.3 is 19.9 Å². The number of nitrogens with zero attached hydrogens (tertiary/aromatic N) is 4. The number of carbonyl (C=O) groups is 2. The van der Waals surface area contributed by atoms with Crippen molar-refractivity contribution in [3.8, 4) is 6.07 Å². The van der Waals surface area contributed by atoms with Gasteiger partial charge in [0.25, 0.3) is 0 Å². The molecule has 1 aromatic rings. The summed E-state index contributed by atoms with van der Waals surface area (Å²) < 4.78 is 19.4. The fraction of sp³-hybridized carbons (Fsp3) is 0.667. The van der Waals surface area contributed by atoms with Crippen molar-refractivity contribution in [2.75, 3.05) is 13.1 Å². The SMILES string of the molecule is C=C(C(CN1C[C@@H]2CC1C(=O)N2[C@H](c1ccc(F)cc1)C1CCCCC1)NC(=O)OC(C)(C)C)N1C(C#N)CC2CC21. The molecule has 226 valence electrons. The number of hydrogen-bond donors (Lipinski definition) is 1. The predicted octanol–water partition coefficient (Wildman–Crippen LogP) is 5.13. The second kappa shape index (κ2) is 11.2. The lowest BCUT2D eigenvalue weighted by atomic mass is 9.80. The van der Waals surface area contributed by atoms with Crippen LogP contribution in [0.3, 0.4) is 0 Å². The third-order valence-corrected chi connectivity index (χ3v) is 10.0. The zero-order valence-electron chi connectivity index (χ0n) is 25.1. The first-order valence-electron chi connectivity index (χ1n) is 15.7. The highest BCUT2D eigenvalue weighted by atomic mass is 19.1. The van der Waals surface area contributed by atoms with Crippen molar-refractivity contribution in [2.24, 2.45) is 11.8 Å². The largest absolute Gasteiger partial charge is 0.444 e. The van der Waals surface area contributed by atoms with Gasteiger partial charge in [0.05, 0.1) is 24.2 Å². The van der Waals surface area contributed by atoms with Gasteiger partial charge in [0.1, 0.15) is 17.5 Å². The second-order valence-corrected chi connectivity index (χ2v) is 14.0. The molecular weight excluding hydrogens is 533 g/mol. The molecule has 9 heteroatoms. The number of halogens is 1. The van der Waals surface area contributed by atoms with Crippen LogP contribution in [0.1, 0.15) is 83.7 Å². The van der Waals surface area contributed by atoms with Crippen LogP contribution in [-0.4, -0.2) is 75.6 Å². The van der Waals surface area contributed by atoms with Crippen LogP contribution >= 0.6 is 0 Å². The average molecular weight is 578 g/mol. The Bertz CT molecular complexity index is 1250. The lowest BCUT2D eigenvalue weighted by Crippen LogP contribution is -2.57. The minimum atomic E-state index is -0.655. The highest BCUT2D eigenvalue weighted by Gasteiger charge is 2.56. The molecule has 0 radical (unpaired) electrons. The van der Waals surface area contributed by atoms with E-state index in [0.717, 1.165) is 56.2 Å². The van der Waals surface area contributed by atoms with E-state index in [1.54, 1.807) is 0 Å². The molecule has 8 nitrogen and oxygen atoms in total. The monoisotopic (exact) mass is 577 g/mol. The van der Waals surface area contributed by atoms with Gasteiger partial charge in [-0.05, 0) is 82.4 Å². The van der Waals surface area contributed by atoms with Crippen LogP contribution in [0.15, 0.2) is 36.5 Å². The van der Waals surface area contributed by atoms with Crippen molar-refractivity contribution < 1.29 is 18.7 Å². The lowest BCUT2D eigenvalue weighted by molar-refractivity contribution is -0.141. The van der Waals surface area contributed by atoms with Crippen LogP contribution in [0, 0.1) is 29.0 Å². The number of piperidine rings is 1. The van der Waals surface area contributed by atoms with E-state index in [9.17, 15) is 19.2 Å². The van der Waals surface area contributed by atoms with E-state index in [0.29, 0.717) is 31.0 Å². The summed E-state index contributed by atoms with van der Waals surface area (Å²) in [5, 5.41) is 12.9. The number of fused-ring (bicyclic) bond motifs is 3. The van der Waals surface area contributed by atoms with Gasteiger partial charge in [0, 0.05) is 30.9 Å². The number of nitrogens with one attached hydrogen (secondary N) is 1. The fourth-order valence-electron chi connectivity index (χ4n) is 8.11. The maximum atomic E-state index is 14.1. The van der Waals surface area contributed by atoms with Crippen LogP contribution in [0.25, 0.3) is 0 Å².